The molecule has 2 saturated heterocycles. The van der Waals surface area contributed by atoms with Gasteiger partial charge in [-0.3, -0.25) is 4.79 Å². The molecule has 2 N–H and O–H groups in total. The molecule has 1 atom stereocenters. The van der Waals surface area contributed by atoms with Crippen LogP contribution >= 0.6 is 11.3 Å². The highest BCUT2D eigenvalue weighted by Gasteiger charge is 2.36. The lowest BCUT2D eigenvalue weighted by Gasteiger charge is -2.25. The topological polar surface area (TPSA) is 92.9 Å². The third kappa shape index (κ3) is 3.36. The first kappa shape index (κ1) is 17.8. The van der Waals surface area contributed by atoms with Gasteiger partial charge < -0.3 is 15.4 Å². The van der Waals surface area contributed by atoms with Crippen LogP contribution < -0.4 is 5.73 Å². The van der Waals surface area contributed by atoms with Gasteiger partial charge in [-0.1, -0.05) is 6.92 Å². The van der Waals surface area contributed by atoms with E-state index in [2.05, 4.69) is 6.92 Å². The number of hydrogen-bond donors (Lipinski definition) is 1. The van der Waals surface area contributed by atoms with E-state index in [-0.39, 0.29) is 15.5 Å². The smallest absolute Gasteiger partial charge is 0.254 e. The zero-order valence-corrected chi connectivity index (χ0v) is 15.4. The molecule has 24 heavy (non-hydrogen) atoms. The molecule has 0 bridgehead atoms. The average molecular weight is 374 g/mol. The molecule has 1 amide bonds. The van der Waals surface area contributed by atoms with Gasteiger partial charge in [0.2, 0.25) is 0 Å². The molecule has 0 saturated carbocycles. The Bertz CT molecular complexity index is 712. The number of amides is 1. The van der Waals surface area contributed by atoms with E-state index < -0.39 is 10.0 Å². The van der Waals surface area contributed by atoms with Gasteiger partial charge in [0.25, 0.3) is 15.9 Å². The van der Waals surface area contributed by atoms with Gasteiger partial charge >= 0.3 is 0 Å². The highest BCUT2D eigenvalue weighted by Crippen LogP contribution is 2.31. The van der Waals surface area contributed by atoms with Gasteiger partial charge in [0.1, 0.15) is 4.21 Å². The van der Waals surface area contributed by atoms with Crippen LogP contribution in [0.4, 0.5) is 0 Å². The van der Waals surface area contributed by atoms with Crippen LogP contribution in [0.15, 0.2) is 15.7 Å². The Hall–Kier alpha value is -1.00. The summed E-state index contributed by atoms with van der Waals surface area (Å²) in [6, 6.07) is 1.50. The number of nitrogens with zero attached hydrogens (tertiary/aromatic N) is 2. The SMILES string of the molecule is CC1(CN)CCN(C(=O)c2csc(S(=O)(=O)N3CCOCC3)c2)C1. The van der Waals surface area contributed by atoms with Crippen molar-refractivity contribution in [3.63, 3.8) is 0 Å². The summed E-state index contributed by atoms with van der Waals surface area (Å²) in [5.41, 5.74) is 6.17. The summed E-state index contributed by atoms with van der Waals surface area (Å²) in [5, 5.41) is 1.63. The van der Waals surface area contributed by atoms with Gasteiger partial charge in [-0.05, 0) is 24.4 Å². The quantitative estimate of drug-likeness (QED) is 0.833. The lowest BCUT2D eigenvalue weighted by molar-refractivity contribution is 0.0731. The van der Waals surface area contributed by atoms with Gasteiger partial charge in [-0.15, -0.1) is 11.3 Å². The fourth-order valence-electron chi connectivity index (χ4n) is 3.02. The summed E-state index contributed by atoms with van der Waals surface area (Å²) in [7, 11) is -3.54. The number of likely N-dealkylation sites (tertiary alicyclic amines) is 1. The zero-order chi connectivity index (χ0) is 17.4. The molecular weight excluding hydrogens is 350 g/mol. The second kappa shape index (κ2) is 6.72. The molecule has 3 rings (SSSR count). The Kier molecular flexibility index (Phi) is 4.99. The number of nitrogens with two attached hydrogens (primary N) is 1. The van der Waals surface area contributed by atoms with Crippen LogP contribution in [0.1, 0.15) is 23.7 Å². The lowest BCUT2D eigenvalue weighted by atomic mass is 9.90. The van der Waals surface area contributed by atoms with E-state index in [1.165, 1.54) is 10.4 Å². The third-order valence-corrected chi connectivity index (χ3v) is 8.04. The summed E-state index contributed by atoms with van der Waals surface area (Å²) in [5.74, 6) is -0.119. The normalized spacial score (nSPS) is 26.0. The average Bonchev–Trinajstić information content (AvgIpc) is 3.23. The van der Waals surface area contributed by atoms with Crippen molar-refractivity contribution in [2.45, 2.75) is 17.6 Å². The molecule has 7 nitrogen and oxygen atoms in total. The maximum atomic E-state index is 12.6. The maximum absolute atomic E-state index is 12.6. The van der Waals surface area contributed by atoms with E-state index in [9.17, 15) is 13.2 Å². The molecule has 134 valence electrons. The van der Waals surface area contributed by atoms with Crippen LogP contribution in [-0.2, 0) is 14.8 Å². The minimum atomic E-state index is -3.54. The molecule has 9 heteroatoms. The molecule has 0 radical (unpaired) electrons. The zero-order valence-electron chi connectivity index (χ0n) is 13.7. The highest BCUT2D eigenvalue weighted by atomic mass is 32.2. The first-order valence-electron chi connectivity index (χ1n) is 8.01. The monoisotopic (exact) mass is 373 g/mol. The largest absolute Gasteiger partial charge is 0.379 e. The molecule has 0 spiro atoms. The minimum absolute atomic E-state index is 0.0472. The molecule has 3 heterocycles. The van der Waals surface area contributed by atoms with Crippen molar-refractivity contribution in [3.8, 4) is 0 Å². The second-order valence-corrected chi connectivity index (χ2v) is 9.74. The Morgan fingerprint density at radius 3 is 2.71 bits per heavy atom. The Morgan fingerprint density at radius 1 is 1.38 bits per heavy atom. The number of thiophene rings is 1. The summed E-state index contributed by atoms with van der Waals surface area (Å²) < 4.78 is 32.1. The van der Waals surface area contributed by atoms with Crippen molar-refractivity contribution < 1.29 is 17.9 Å². The maximum Gasteiger partial charge on any atom is 0.254 e. The van der Waals surface area contributed by atoms with E-state index in [4.69, 9.17) is 10.5 Å². The Morgan fingerprint density at radius 2 is 2.08 bits per heavy atom. The van der Waals surface area contributed by atoms with E-state index in [0.29, 0.717) is 51.5 Å². The fraction of sp³-hybridized carbons (Fsp3) is 0.667. The molecule has 0 aliphatic carbocycles. The number of rotatable bonds is 4. The van der Waals surface area contributed by atoms with Crippen LogP contribution in [0.3, 0.4) is 0 Å². The van der Waals surface area contributed by atoms with Crippen LogP contribution in [0, 0.1) is 5.41 Å². The molecule has 0 aromatic carbocycles. The second-order valence-electron chi connectivity index (χ2n) is 6.66. The molecule has 1 aromatic heterocycles. The van der Waals surface area contributed by atoms with Crippen LogP contribution in [0.5, 0.6) is 0 Å². The number of morpholine rings is 1. The summed E-state index contributed by atoms with van der Waals surface area (Å²) in [4.78, 5) is 14.4. The predicted octanol–water partition coefficient (Wildman–Crippen LogP) is 0.580. The third-order valence-electron chi connectivity index (χ3n) is 4.72. The van der Waals surface area contributed by atoms with E-state index in [1.54, 1.807) is 10.3 Å². The van der Waals surface area contributed by atoms with Crippen molar-refractivity contribution in [2.24, 2.45) is 11.1 Å². The number of carbonyl (C=O) groups is 1. The fourth-order valence-corrected chi connectivity index (χ4v) is 5.74. The van der Waals surface area contributed by atoms with Crippen molar-refractivity contribution in [2.75, 3.05) is 45.9 Å². The summed E-state index contributed by atoms with van der Waals surface area (Å²) in [6.07, 6.45) is 0.873. The van der Waals surface area contributed by atoms with Crippen LogP contribution in [0.25, 0.3) is 0 Å². The molecule has 2 aliphatic heterocycles. The predicted molar refractivity (Wildman–Crippen MR) is 91.6 cm³/mol. The lowest BCUT2D eigenvalue weighted by Crippen LogP contribution is -2.40. The molecule has 1 aromatic rings. The highest BCUT2D eigenvalue weighted by molar-refractivity contribution is 7.91. The van der Waals surface area contributed by atoms with Gasteiger partial charge in [0, 0.05) is 31.6 Å². The van der Waals surface area contributed by atoms with Crippen molar-refractivity contribution in [1.82, 2.24) is 9.21 Å². The number of ether oxygens (including phenoxy) is 1. The van der Waals surface area contributed by atoms with Gasteiger partial charge in [0.05, 0.1) is 18.8 Å². The van der Waals surface area contributed by atoms with Gasteiger partial charge in [0.15, 0.2) is 0 Å². The number of sulfonamides is 1. The molecular formula is C15H23N3O4S2. The van der Waals surface area contributed by atoms with Crippen molar-refractivity contribution >= 4 is 27.3 Å². The number of carbonyl (C=O) groups excluding carboxylic acids is 1. The molecule has 1 unspecified atom stereocenters. The van der Waals surface area contributed by atoms with Crippen LogP contribution in [-0.4, -0.2) is 69.5 Å². The van der Waals surface area contributed by atoms with Crippen LogP contribution in [0.2, 0.25) is 0 Å². The molecule has 2 aliphatic rings. The molecule has 2 fully saturated rings. The number of hydrogen-bond acceptors (Lipinski definition) is 6. The van der Waals surface area contributed by atoms with Gasteiger partial charge in [-0.25, -0.2) is 8.42 Å². The van der Waals surface area contributed by atoms with Crippen molar-refractivity contribution in [3.05, 3.63) is 17.0 Å². The van der Waals surface area contributed by atoms with Gasteiger partial charge in [-0.2, -0.15) is 4.31 Å². The van der Waals surface area contributed by atoms with E-state index in [0.717, 1.165) is 17.8 Å². The van der Waals surface area contributed by atoms with E-state index in [1.807, 2.05) is 0 Å². The van der Waals surface area contributed by atoms with Crippen molar-refractivity contribution in [1.29, 1.82) is 0 Å². The first-order valence-corrected chi connectivity index (χ1v) is 10.3. The minimum Gasteiger partial charge on any atom is -0.379 e. The Labute approximate surface area is 146 Å². The van der Waals surface area contributed by atoms with E-state index >= 15 is 0 Å². The summed E-state index contributed by atoms with van der Waals surface area (Å²) >= 11 is 1.10. The first-order chi connectivity index (χ1) is 11.4. The standard InChI is InChI=1S/C15H23N3O4S2/c1-15(10-16)2-3-17(11-15)14(19)12-8-13(23-9-12)24(20,21)18-4-6-22-7-5-18/h8-9H,2-7,10-11,16H2,1H3. The Balaban J connectivity index is 1.74. The summed E-state index contributed by atoms with van der Waals surface area (Å²) in [6.45, 7) is 5.40.